The first-order chi connectivity index (χ1) is 15.4. The number of rotatable bonds is 4. The van der Waals surface area contributed by atoms with Crippen molar-refractivity contribution in [1.82, 2.24) is 30.1 Å². The zero-order valence-corrected chi connectivity index (χ0v) is 18.1. The Bertz CT molecular complexity index is 1090. The topological polar surface area (TPSA) is 118 Å². The van der Waals surface area contributed by atoms with Gasteiger partial charge in [0.05, 0.1) is 30.1 Å². The Morgan fingerprint density at radius 2 is 2.06 bits per heavy atom. The van der Waals surface area contributed by atoms with Crippen molar-refractivity contribution in [1.29, 1.82) is 0 Å². The number of ether oxygens (including phenoxy) is 1. The molecule has 0 bridgehead atoms. The fraction of sp³-hybridized carbons (Fsp3) is 0.333. The molecule has 166 valence electrons. The molecular formula is C21H21ClN6O4. The number of nitrogens with zero attached hydrogens (tertiary/aromatic N) is 5. The summed E-state index contributed by atoms with van der Waals surface area (Å²) in [5, 5.41) is 2.71. The zero-order valence-electron chi connectivity index (χ0n) is 17.3. The maximum absolute atomic E-state index is 12.7. The van der Waals surface area contributed by atoms with E-state index in [-0.39, 0.29) is 47.8 Å². The standard InChI is InChI=1S/C21H21ClN6O4/c1-3-19(29)27-7-13-9-32-10-20(30)28(13)17(8-27)12-4-15(26-18(22)5-12)14-6-16(21(31)23-2)25-11-24-14/h3-6,11,13,17H,1,7-10H2,2H3,(H,23,31)/t13-,17+/m0/s1. The summed E-state index contributed by atoms with van der Waals surface area (Å²) in [6, 6.07) is 4.20. The number of pyridine rings is 1. The van der Waals surface area contributed by atoms with Crippen LogP contribution in [0, 0.1) is 0 Å². The summed E-state index contributed by atoms with van der Waals surface area (Å²) in [7, 11) is 1.51. The van der Waals surface area contributed by atoms with Crippen molar-refractivity contribution in [3.05, 3.63) is 53.6 Å². The second-order valence-corrected chi connectivity index (χ2v) is 7.80. The lowest BCUT2D eigenvalue weighted by molar-refractivity contribution is -0.161. The molecule has 0 aromatic carbocycles. The predicted molar refractivity (Wildman–Crippen MR) is 115 cm³/mol. The molecule has 0 radical (unpaired) electrons. The average molecular weight is 457 g/mol. The van der Waals surface area contributed by atoms with Gasteiger partial charge in [-0.15, -0.1) is 0 Å². The van der Waals surface area contributed by atoms with E-state index in [2.05, 4.69) is 26.8 Å². The van der Waals surface area contributed by atoms with Gasteiger partial charge in [0, 0.05) is 20.1 Å². The molecule has 2 fully saturated rings. The highest BCUT2D eigenvalue weighted by molar-refractivity contribution is 6.29. The number of nitrogens with one attached hydrogen (secondary N) is 1. The lowest BCUT2D eigenvalue weighted by atomic mass is 9.97. The van der Waals surface area contributed by atoms with Gasteiger partial charge in [-0.05, 0) is 29.8 Å². The van der Waals surface area contributed by atoms with Gasteiger partial charge >= 0.3 is 0 Å². The second kappa shape index (κ2) is 9.01. The Kier molecular flexibility index (Phi) is 6.15. The minimum atomic E-state index is -0.450. The molecular weight excluding hydrogens is 436 g/mol. The van der Waals surface area contributed by atoms with Crippen LogP contribution in [-0.4, -0.2) is 81.9 Å². The van der Waals surface area contributed by atoms with Gasteiger partial charge in [0.2, 0.25) is 11.8 Å². The number of carbonyl (C=O) groups excluding carboxylic acids is 3. The molecule has 2 aliphatic rings. The third-order valence-electron chi connectivity index (χ3n) is 5.45. The molecule has 0 saturated carbocycles. The second-order valence-electron chi connectivity index (χ2n) is 7.41. The highest BCUT2D eigenvalue weighted by Gasteiger charge is 2.42. The van der Waals surface area contributed by atoms with Crippen molar-refractivity contribution in [2.24, 2.45) is 0 Å². The smallest absolute Gasteiger partial charge is 0.269 e. The Labute approximate surface area is 189 Å². The summed E-state index contributed by atoms with van der Waals surface area (Å²) in [6.45, 7) is 4.52. The monoisotopic (exact) mass is 456 g/mol. The molecule has 4 rings (SSSR count). The van der Waals surface area contributed by atoms with Crippen LogP contribution in [0.1, 0.15) is 22.1 Å². The minimum Gasteiger partial charge on any atom is -0.369 e. The third kappa shape index (κ3) is 4.19. The molecule has 4 heterocycles. The average Bonchev–Trinajstić information content (AvgIpc) is 2.82. The number of hydrogen-bond donors (Lipinski definition) is 1. The van der Waals surface area contributed by atoms with Crippen LogP contribution in [0.2, 0.25) is 5.15 Å². The molecule has 2 aliphatic heterocycles. The molecule has 2 aromatic rings. The fourth-order valence-electron chi connectivity index (χ4n) is 4.00. The van der Waals surface area contributed by atoms with Gasteiger partial charge in [-0.25, -0.2) is 15.0 Å². The quantitative estimate of drug-likeness (QED) is 0.535. The molecule has 11 heteroatoms. The van der Waals surface area contributed by atoms with Crippen LogP contribution in [0.15, 0.2) is 37.2 Å². The first-order valence-corrected chi connectivity index (χ1v) is 10.3. The summed E-state index contributed by atoms with van der Waals surface area (Å²) >= 11 is 6.33. The van der Waals surface area contributed by atoms with E-state index in [0.29, 0.717) is 30.1 Å². The van der Waals surface area contributed by atoms with Gasteiger partial charge < -0.3 is 19.9 Å². The Morgan fingerprint density at radius 3 is 2.81 bits per heavy atom. The molecule has 0 spiro atoms. The number of carbonyl (C=O) groups is 3. The first kappa shape index (κ1) is 21.8. The normalized spacial score (nSPS) is 20.5. The number of fused-ring (bicyclic) bond motifs is 1. The van der Waals surface area contributed by atoms with E-state index < -0.39 is 6.04 Å². The van der Waals surface area contributed by atoms with Crippen LogP contribution in [0.25, 0.3) is 11.4 Å². The van der Waals surface area contributed by atoms with E-state index in [0.717, 1.165) is 0 Å². The molecule has 32 heavy (non-hydrogen) atoms. The Morgan fingerprint density at radius 1 is 1.25 bits per heavy atom. The molecule has 2 atom stereocenters. The van der Waals surface area contributed by atoms with Gasteiger partial charge in [-0.3, -0.25) is 14.4 Å². The zero-order chi connectivity index (χ0) is 22.8. The summed E-state index contributed by atoms with van der Waals surface area (Å²) < 4.78 is 5.41. The van der Waals surface area contributed by atoms with E-state index in [9.17, 15) is 14.4 Å². The maximum atomic E-state index is 12.7. The van der Waals surface area contributed by atoms with Crippen LogP contribution in [0.3, 0.4) is 0 Å². The molecule has 0 unspecified atom stereocenters. The minimum absolute atomic E-state index is 0.0184. The van der Waals surface area contributed by atoms with Crippen molar-refractivity contribution in [3.63, 3.8) is 0 Å². The van der Waals surface area contributed by atoms with Gasteiger partial charge in [0.15, 0.2) is 0 Å². The molecule has 2 aromatic heterocycles. The number of piperazine rings is 1. The molecule has 2 saturated heterocycles. The number of amides is 3. The van der Waals surface area contributed by atoms with E-state index in [1.807, 2.05) is 0 Å². The van der Waals surface area contributed by atoms with Crippen LogP contribution in [0.5, 0.6) is 0 Å². The van der Waals surface area contributed by atoms with Crippen LogP contribution in [-0.2, 0) is 14.3 Å². The van der Waals surface area contributed by atoms with Crippen LogP contribution >= 0.6 is 11.6 Å². The summed E-state index contributed by atoms with van der Waals surface area (Å²) in [6.07, 6.45) is 2.53. The third-order valence-corrected chi connectivity index (χ3v) is 5.65. The van der Waals surface area contributed by atoms with Gasteiger partial charge in [-0.1, -0.05) is 18.2 Å². The van der Waals surface area contributed by atoms with Crippen LogP contribution in [0.4, 0.5) is 0 Å². The number of aromatic nitrogens is 3. The van der Waals surface area contributed by atoms with E-state index in [1.165, 1.54) is 25.5 Å². The number of hydrogen-bond acceptors (Lipinski definition) is 7. The van der Waals surface area contributed by atoms with Crippen LogP contribution < -0.4 is 5.32 Å². The van der Waals surface area contributed by atoms with Gasteiger partial charge in [0.25, 0.3) is 5.91 Å². The summed E-state index contributed by atoms with van der Waals surface area (Å²) in [5.74, 6) is -0.738. The lowest BCUT2D eigenvalue weighted by Gasteiger charge is -2.48. The summed E-state index contributed by atoms with van der Waals surface area (Å²) in [4.78, 5) is 52.9. The molecule has 10 nitrogen and oxygen atoms in total. The lowest BCUT2D eigenvalue weighted by Crippen LogP contribution is -2.62. The summed E-state index contributed by atoms with van der Waals surface area (Å²) in [5.41, 5.74) is 1.71. The van der Waals surface area contributed by atoms with E-state index in [1.54, 1.807) is 21.9 Å². The number of halogens is 1. The van der Waals surface area contributed by atoms with E-state index >= 15 is 0 Å². The van der Waals surface area contributed by atoms with Gasteiger partial charge in [0.1, 0.15) is 23.8 Å². The SMILES string of the molecule is C=CC(=O)N1C[C@H]2COCC(=O)N2[C@@H](c2cc(Cl)nc(-c3cc(C(=O)NC)ncn3)c2)C1. The van der Waals surface area contributed by atoms with Crippen molar-refractivity contribution in [2.75, 3.05) is 33.4 Å². The predicted octanol–water partition coefficient (Wildman–Crippen LogP) is 0.848. The Balaban J connectivity index is 1.75. The molecule has 0 aliphatic carbocycles. The molecule has 3 amide bonds. The molecule has 1 N–H and O–H groups in total. The van der Waals surface area contributed by atoms with Gasteiger partial charge in [-0.2, -0.15) is 0 Å². The highest BCUT2D eigenvalue weighted by Crippen LogP contribution is 2.33. The van der Waals surface area contributed by atoms with Crippen molar-refractivity contribution in [2.45, 2.75) is 12.1 Å². The van der Waals surface area contributed by atoms with Crippen molar-refractivity contribution >= 4 is 29.3 Å². The van der Waals surface area contributed by atoms with E-state index in [4.69, 9.17) is 16.3 Å². The Hall–Kier alpha value is -3.37. The maximum Gasteiger partial charge on any atom is 0.269 e. The van der Waals surface area contributed by atoms with Crippen molar-refractivity contribution in [3.8, 4) is 11.4 Å². The first-order valence-electron chi connectivity index (χ1n) is 9.93. The largest absolute Gasteiger partial charge is 0.369 e. The number of morpholine rings is 1. The van der Waals surface area contributed by atoms with Crippen molar-refractivity contribution < 1.29 is 19.1 Å². The highest BCUT2D eigenvalue weighted by atomic mass is 35.5. The fourth-order valence-corrected chi connectivity index (χ4v) is 4.22.